The predicted octanol–water partition coefficient (Wildman–Crippen LogP) is 6.27. The number of halogens is 3. The number of nitrogens with two attached hydrogens (primary N) is 1. The van der Waals surface area contributed by atoms with E-state index in [-0.39, 0.29) is 52.0 Å². The first-order valence-corrected chi connectivity index (χ1v) is 14.0. The SMILES string of the molecule is CC(C)(C)OC(=O)C[C@@H](Cc1cc(F)cc(F)c1)c1ncc(NC(=O)c2ccccc2C(=O)O)cc1-c1ccc(F)c(C(N)=O)c1. The Morgan fingerprint density at radius 3 is 2.17 bits per heavy atom. The first-order valence-electron chi connectivity index (χ1n) is 14.0. The van der Waals surface area contributed by atoms with Crippen molar-refractivity contribution in [3.8, 4) is 11.1 Å². The molecule has 3 aromatic carbocycles. The van der Waals surface area contributed by atoms with E-state index in [0.29, 0.717) is 6.07 Å². The first-order chi connectivity index (χ1) is 21.6. The van der Waals surface area contributed by atoms with Crippen molar-refractivity contribution < 1.29 is 42.2 Å². The van der Waals surface area contributed by atoms with Crippen molar-refractivity contribution >= 4 is 29.4 Å². The summed E-state index contributed by atoms with van der Waals surface area (Å²) in [4.78, 5) is 54.4. The minimum atomic E-state index is -1.32. The summed E-state index contributed by atoms with van der Waals surface area (Å²) in [5, 5.41) is 12.1. The van der Waals surface area contributed by atoms with Gasteiger partial charge in [-0.15, -0.1) is 0 Å². The van der Waals surface area contributed by atoms with Gasteiger partial charge in [-0.05, 0) is 80.8 Å². The number of hydrogen-bond acceptors (Lipinski definition) is 6. The van der Waals surface area contributed by atoms with Crippen LogP contribution in [0.2, 0.25) is 0 Å². The molecule has 0 unspecified atom stereocenters. The van der Waals surface area contributed by atoms with E-state index in [0.717, 1.165) is 18.2 Å². The molecule has 0 fully saturated rings. The van der Waals surface area contributed by atoms with Gasteiger partial charge in [0.05, 0.1) is 40.7 Å². The van der Waals surface area contributed by atoms with Crippen LogP contribution in [0.1, 0.15) is 75.4 Å². The molecule has 4 aromatic rings. The monoisotopic (exact) mass is 633 g/mol. The van der Waals surface area contributed by atoms with Gasteiger partial charge in [0.15, 0.2) is 0 Å². The number of nitrogens with zero attached hydrogens (tertiary/aromatic N) is 1. The summed E-state index contributed by atoms with van der Waals surface area (Å²) in [6.45, 7) is 5.03. The molecule has 9 nitrogen and oxygen atoms in total. The van der Waals surface area contributed by atoms with Crippen LogP contribution in [-0.4, -0.2) is 39.4 Å². The van der Waals surface area contributed by atoms with Crippen molar-refractivity contribution in [3.05, 3.63) is 118 Å². The summed E-state index contributed by atoms with van der Waals surface area (Å²) < 4.78 is 48.3. The molecule has 4 N–H and O–H groups in total. The molecule has 0 bridgehead atoms. The van der Waals surface area contributed by atoms with Gasteiger partial charge in [0.1, 0.15) is 23.1 Å². The molecule has 12 heteroatoms. The van der Waals surface area contributed by atoms with Crippen molar-refractivity contribution in [1.82, 2.24) is 4.98 Å². The van der Waals surface area contributed by atoms with E-state index in [4.69, 9.17) is 10.5 Å². The van der Waals surface area contributed by atoms with Crippen LogP contribution in [0.3, 0.4) is 0 Å². The summed E-state index contributed by atoms with van der Waals surface area (Å²) in [5.41, 5.74) is 4.65. The highest BCUT2D eigenvalue weighted by atomic mass is 19.1. The van der Waals surface area contributed by atoms with Gasteiger partial charge in [-0.1, -0.05) is 18.2 Å². The van der Waals surface area contributed by atoms with Gasteiger partial charge >= 0.3 is 11.9 Å². The number of hydrogen-bond donors (Lipinski definition) is 3. The van der Waals surface area contributed by atoms with E-state index in [9.17, 15) is 37.5 Å². The molecule has 1 heterocycles. The molecular weight excluding hydrogens is 603 g/mol. The van der Waals surface area contributed by atoms with E-state index in [1.165, 1.54) is 48.7 Å². The number of esters is 1. The van der Waals surface area contributed by atoms with Gasteiger partial charge in [0, 0.05) is 17.5 Å². The summed E-state index contributed by atoms with van der Waals surface area (Å²) in [6.07, 6.45) is 0.874. The van der Waals surface area contributed by atoms with Gasteiger partial charge < -0.3 is 20.9 Å². The molecule has 0 radical (unpaired) electrons. The van der Waals surface area contributed by atoms with E-state index in [2.05, 4.69) is 10.3 Å². The van der Waals surface area contributed by atoms with E-state index < -0.39 is 58.3 Å². The third-order valence-corrected chi connectivity index (χ3v) is 6.75. The lowest BCUT2D eigenvalue weighted by Gasteiger charge is -2.24. The number of carboxylic acid groups (broad SMARTS) is 1. The van der Waals surface area contributed by atoms with Crippen LogP contribution >= 0.6 is 0 Å². The number of carbonyl (C=O) groups excluding carboxylic acids is 3. The average molecular weight is 634 g/mol. The zero-order valence-corrected chi connectivity index (χ0v) is 25.1. The number of amides is 2. The molecule has 46 heavy (non-hydrogen) atoms. The van der Waals surface area contributed by atoms with Gasteiger partial charge in [0.2, 0.25) is 0 Å². The maximum Gasteiger partial charge on any atom is 0.336 e. The molecule has 0 spiro atoms. The van der Waals surface area contributed by atoms with Crippen LogP contribution < -0.4 is 11.1 Å². The van der Waals surface area contributed by atoms with Gasteiger partial charge in [-0.3, -0.25) is 19.4 Å². The Bertz CT molecular complexity index is 1820. The molecule has 0 saturated carbocycles. The topological polar surface area (TPSA) is 149 Å². The molecule has 1 atom stereocenters. The number of primary amides is 1. The lowest BCUT2D eigenvalue weighted by Crippen LogP contribution is -2.25. The highest BCUT2D eigenvalue weighted by Crippen LogP contribution is 2.35. The quantitative estimate of drug-likeness (QED) is 0.174. The van der Waals surface area contributed by atoms with E-state index in [1.54, 1.807) is 20.8 Å². The minimum Gasteiger partial charge on any atom is -0.478 e. The summed E-state index contributed by atoms with van der Waals surface area (Å²) >= 11 is 0. The molecule has 0 aliphatic heterocycles. The maximum absolute atomic E-state index is 14.5. The second-order valence-corrected chi connectivity index (χ2v) is 11.5. The van der Waals surface area contributed by atoms with Crippen LogP contribution in [0, 0.1) is 17.5 Å². The standard InChI is InChI=1S/C34H30F3N3O6/c1-34(2,3)46-29(41)14-20(10-18-11-21(35)15-22(36)12-18)30-26(19-8-9-28(37)27(13-19)31(38)42)16-23(17-39-30)40-32(43)24-6-4-5-7-25(24)33(44)45/h4-9,11-13,15-17,20H,10,14H2,1-3H3,(H2,38,42)(H,40,43)(H,44,45)/t20-/m1/s1. The number of ether oxygens (including phenoxy) is 1. The van der Waals surface area contributed by atoms with Crippen molar-refractivity contribution in [2.24, 2.45) is 5.73 Å². The van der Waals surface area contributed by atoms with Crippen molar-refractivity contribution in [1.29, 1.82) is 0 Å². The fourth-order valence-electron chi connectivity index (χ4n) is 4.91. The number of pyridine rings is 1. The zero-order valence-electron chi connectivity index (χ0n) is 25.1. The zero-order chi connectivity index (χ0) is 33.8. The Morgan fingerprint density at radius 2 is 1.57 bits per heavy atom. The van der Waals surface area contributed by atoms with Crippen LogP contribution in [0.5, 0.6) is 0 Å². The normalized spacial score (nSPS) is 11.9. The fourth-order valence-corrected chi connectivity index (χ4v) is 4.91. The Morgan fingerprint density at radius 1 is 0.913 bits per heavy atom. The van der Waals surface area contributed by atoms with Crippen LogP contribution in [0.4, 0.5) is 18.9 Å². The predicted molar refractivity (Wildman–Crippen MR) is 163 cm³/mol. The molecule has 1 aromatic heterocycles. The van der Waals surface area contributed by atoms with Gasteiger partial charge in [-0.25, -0.2) is 18.0 Å². The third-order valence-electron chi connectivity index (χ3n) is 6.75. The van der Waals surface area contributed by atoms with Crippen molar-refractivity contribution in [3.63, 3.8) is 0 Å². The van der Waals surface area contributed by atoms with Crippen LogP contribution in [0.25, 0.3) is 11.1 Å². The van der Waals surface area contributed by atoms with Crippen molar-refractivity contribution in [2.45, 2.75) is 45.1 Å². The molecule has 238 valence electrons. The Hall–Kier alpha value is -5.52. The summed E-state index contributed by atoms with van der Waals surface area (Å²) in [6, 6.07) is 13.5. The average Bonchev–Trinajstić information content (AvgIpc) is 2.95. The number of carboxylic acids is 1. The fraction of sp³-hybridized carbons (Fsp3) is 0.206. The molecule has 0 aliphatic rings. The highest BCUT2D eigenvalue weighted by Gasteiger charge is 2.27. The number of benzene rings is 3. The molecule has 4 rings (SSSR count). The van der Waals surface area contributed by atoms with Crippen LogP contribution in [0.15, 0.2) is 72.9 Å². The number of anilines is 1. The number of aromatic nitrogens is 1. The second-order valence-electron chi connectivity index (χ2n) is 11.5. The van der Waals surface area contributed by atoms with E-state index >= 15 is 0 Å². The highest BCUT2D eigenvalue weighted by molar-refractivity contribution is 6.10. The van der Waals surface area contributed by atoms with Crippen molar-refractivity contribution in [2.75, 3.05) is 5.32 Å². The summed E-state index contributed by atoms with van der Waals surface area (Å²) in [5.74, 6) is -7.19. The first kappa shape index (κ1) is 33.4. The summed E-state index contributed by atoms with van der Waals surface area (Å²) in [7, 11) is 0. The third kappa shape index (κ3) is 8.35. The number of rotatable bonds is 10. The molecule has 0 aliphatic carbocycles. The largest absolute Gasteiger partial charge is 0.478 e. The molecular formula is C34H30F3N3O6. The van der Waals surface area contributed by atoms with Gasteiger partial charge in [0.25, 0.3) is 11.8 Å². The Labute approximate surface area is 262 Å². The smallest absolute Gasteiger partial charge is 0.336 e. The van der Waals surface area contributed by atoms with Crippen LogP contribution in [-0.2, 0) is 16.0 Å². The Kier molecular flexibility index (Phi) is 9.89. The number of carbonyl (C=O) groups is 4. The minimum absolute atomic E-state index is 0.0849. The van der Waals surface area contributed by atoms with Gasteiger partial charge in [-0.2, -0.15) is 0 Å². The Balaban J connectivity index is 1.86. The van der Waals surface area contributed by atoms with E-state index in [1.807, 2.05) is 0 Å². The maximum atomic E-state index is 14.5. The second kappa shape index (κ2) is 13.6. The lowest BCUT2D eigenvalue weighted by molar-refractivity contribution is -0.155. The lowest BCUT2D eigenvalue weighted by atomic mass is 9.87. The molecule has 2 amide bonds. The number of aromatic carboxylic acids is 1. The number of nitrogens with one attached hydrogen (secondary N) is 1. The molecule has 0 saturated heterocycles.